The Morgan fingerprint density at radius 1 is 1.22 bits per heavy atom. The van der Waals surface area contributed by atoms with Crippen LogP contribution in [-0.4, -0.2) is 27.4 Å². The highest BCUT2D eigenvalue weighted by atomic mass is 16.3. The molecule has 0 aliphatic carbocycles. The van der Waals surface area contributed by atoms with E-state index in [1.807, 2.05) is 6.92 Å². The molecule has 0 aliphatic heterocycles. The molecule has 0 amide bonds. The minimum atomic E-state index is -0.726. The van der Waals surface area contributed by atoms with Crippen molar-refractivity contribution in [3.63, 3.8) is 0 Å². The predicted molar refractivity (Wildman–Crippen MR) is 127 cm³/mol. The summed E-state index contributed by atoms with van der Waals surface area (Å²) in [5, 5.41) is 5.80. The molecule has 0 spiro atoms. The van der Waals surface area contributed by atoms with Crippen LogP contribution in [0.5, 0.6) is 0 Å². The first-order chi connectivity index (χ1) is 15.3. The van der Waals surface area contributed by atoms with Crippen LogP contribution in [-0.2, 0) is 13.1 Å². The van der Waals surface area contributed by atoms with Crippen LogP contribution in [0, 0.1) is 4.91 Å². The normalized spacial score (nSPS) is 12.0. The highest BCUT2D eigenvalue weighted by Gasteiger charge is 2.14. The molecule has 0 fully saturated rings. The molecule has 1 aromatic carbocycles. The second kappa shape index (κ2) is 11.2. The Bertz CT molecular complexity index is 1200. The van der Waals surface area contributed by atoms with Gasteiger partial charge in [0.15, 0.2) is 0 Å². The van der Waals surface area contributed by atoms with Gasteiger partial charge in [0, 0.05) is 12.1 Å². The van der Waals surface area contributed by atoms with Crippen LogP contribution in [0.4, 0.5) is 11.6 Å². The lowest BCUT2D eigenvalue weighted by molar-refractivity contribution is 0.584. The van der Waals surface area contributed by atoms with Gasteiger partial charge in [-0.25, -0.2) is 19.1 Å². The van der Waals surface area contributed by atoms with E-state index >= 15 is 0 Å². The lowest BCUT2D eigenvalue weighted by atomic mass is 10.2. The van der Waals surface area contributed by atoms with E-state index in [4.69, 9.17) is 5.73 Å². The molecule has 0 aliphatic rings. The number of nitrogens with zero attached hydrogens (tertiary/aromatic N) is 5. The number of hydrogen-bond donors (Lipinski definition) is 2. The summed E-state index contributed by atoms with van der Waals surface area (Å²) in [6.07, 6.45) is 4.86. The largest absolute Gasteiger partial charge is 0.383 e. The average Bonchev–Trinajstić information content (AvgIpc) is 2.79. The summed E-state index contributed by atoms with van der Waals surface area (Å²) in [5.41, 5.74) is 6.75. The summed E-state index contributed by atoms with van der Waals surface area (Å²) in [6, 6.07) is 6.25. The van der Waals surface area contributed by atoms with Crippen LogP contribution in [0.15, 0.2) is 92.4 Å². The van der Waals surface area contributed by atoms with E-state index in [2.05, 4.69) is 40.3 Å². The van der Waals surface area contributed by atoms with Crippen LogP contribution in [0.1, 0.15) is 12.5 Å². The van der Waals surface area contributed by atoms with Crippen LogP contribution in [0.25, 0.3) is 0 Å². The van der Waals surface area contributed by atoms with E-state index in [-0.39, 0.29) is 37.1 Å². The van der Waals surface area contributed by atoms with Gasteiger partial charge in [0.05, 0.1) is 13.1 Å². The number of aromatic nitrogens is 3. The Hall–Kier alpha value is -4.34. The molecule has 0 saturated heterocycles. The van der Waals surface area contributed by atoms with Crippen molar-refractivity contribution in [1.29, 1.82) is 0 Å². The van der Waals surface area contributed by atoms with Gasteiger partial charge in [-0.3, -0.25) is 4.57 Å². The summed E-state index contributed by atoms with van der Waals surface area (Å²) >= 11 is 0. The Morgan fingerprint density at radius 3 is 2.47 bits per heavy atom. The smallest absolute Gasteiger partial charge is 0.355 e. The van der Waals surface area contributed by atoms with Gasteiger partial charge in [-0.1, -0.05) is 49.1 Å². The van der Waals surface area contributed by atoms with Crippen molar-refractivity contribution in [3.05, 3.63) is 104 Å². The van der Waals surface area contributed by atoms with E-state index in [1.165, 1.54) is 22.8 Å². The Kier molecular flexibility index (Phi) is 8.35. The van der Waals surface area contributed by atoms with Crippen LogP contribution < -0.4 is 22.4 Å². The van der Waals surface area contributed by atoms with Crippen LogP contribution >= 0.6 is 0 Å². The van der Waals surface area contributed by atoms with Gasteiger partial charge < -0.3 is 11.1 Å². The fourth-order valence-corrected chi connectivity index (χ4v) is 2.83. The molecule has 3 N–H and O–H groups in total. The molecule has 0 bridgehead atoms. The molecule has 1 heterocycles. The monoisotopic (exact) mass is 435 g/mol. The Balaban J connectivity index is 2.52. The standard InChI is InChI=1S/C22H25N7O3/c1-5-7-15(3)13-28-20(25-12-17(6-2)19(23)24-4)26-21(30)29(22(28)31)14-16-8-10-18(27-32)11-9-16/h5-11H,1-2,4,12-14,23H2,3H3,(H,25,26,30)/b15-7+,19-17+. The van der Waals surface area contributed by atoms with E-state index < -0.39 is 11.4 Å². The molecule has 0 saturated carbocycles. The highest BCUT2D eigenvalue weighted by molar-refractivity contribution is 5.39. The zero-order valence-electron chi connectivity index (χ0n) is 17.8. The average molecular weight is 435 g/mol. The summed E-state index contributed by atoms with van der Waals surface area (Å²) in [6.45, 7) is 12.8. The van der Waals surface area contributed by atoms with E-state index in [9.17, 15) is 14.5 Å². The minimum Gasteiger partial charge on any atom is -0.383 e. The number of nitrogens with two attached hydrogens (primary N) is 1. The van der Waals surface area contributed by atoms with Gasteiger partial charge in [0.1, 0.15) is 11.5 Å². The number of rotatable bonds is 11. The second-order valence-corrected chi connectivity index (χ2v) is 6.81. The zero-order valence-corrected chi connectivity index (χ0v) is 17.8. The fraction of sp³-hybridized carbons (Fsp3) is 0.182. The number of allylic oxidation sites excluding steroid dienone is 3. The minimum absolute atomic E-state index is 0.0144. The molecule has 10 heteroatoms. The number of hydrogen-bond acceptors (Lipinski definition) is 8. The number of nitrogens with one attached hydrogen (secondary N) is 1. The SMILES string of the molecule is C=C/C=C(\C)Cn1c(NC/C(C=C)=C(\N)N=C)nc(=O)n(Cc2ccc(N=O)cc2)c1=O. The van der Waals surface area contributed by atoms with Gasteiger partial charge in [-0.15, -0.1) is 4.91 Å². The molecular weight excluding hydrogens is 410 g/mol. The topological polar surface area (TPSA) is 137 Å². The lowest BCUT2D eigenvalue weighted by Gasteiger charge is -2.16. The first kappa shape index (κ1) is 23.9. The van der Waals surface area contributed by atoms with Crippen molar-refractivity contribution < 1.29 is 0 Å². The first-order valence-electron chi connectivity index (χ1n) is 9.58. The molecule has 1 aromatic heterocycles. The van der Waals surface area contributed by atoms with E-state index in [0.29, 0.717) is 11.1 Å². The molecule has 2 rings (SSSR count). The van der Waals surface area contributed by atoms with Gasteiger partial charge >= 0.3 is 11.4 Å². The maximum absolute atomic E-state index is 13.2. The van der Waals surface area contributed by atoms with Crippen molar-refractivity contribution in [3.8, 4) is 0 Å². The van der Waals surface area contributed by atoms with E-state index in [1.54, 1.807) is 24.3 Å². The van der Waals surface area contributed by atoms with Gasteiger partial charge in [0.25, 0.3) is 0 Å². The highest BCUT2D eigenvalue weighted by Crippen LogP contribution is 2.13. The Labute approximate surface area is 184 Å². The predicted octanol–water partition coefficient (Wildman–Crippen LogP) is 2.45. The maximum Gasteiger partial charge on any atom is 0.355 e. The van der Waals surface area contributed by atoms with Crippen molar-refractivity contribution in [1.82, 2.24) is 14.1 Å². The molecule has 0 atom stereocenters. The number of nitroso groups, excluding NO2 is 1. The second-order valence-electron chi connectivity index (χ2n) is 6.81. The zero-order chi connectivity index (χ0) is 23.7. The summed E-state index contributed by atoms with van der Waals surface area (Å²) < 4.78 is 2.36. The lowest BCUT2D eigenvalue weighted by Crippen LogP contribution is -2.43. The summed E-state index contributed by atoms with van der Waals surface area (Å²) in [4.78, 5) is 44.2. The molecule has 0 radical (unpaired) electrons. The third-order valence-electron chi connectivity index (χ3n) is 4.52. The number of benzene rings is 1. The number of aliphatic imine (C=N–C) groups is 1. The molecule has 0 unspecified atom stereocenters. The summed E-state index contributed by atoms with van der Waals surface area (Å²) in [5.74, 6) is 0.246. The molecular formula is C22H25N7O3. The molecule has 2 aromatic rings. The summed E-state index contributed by atoms with van der Waals surface area (Å²) in [7, 11) is 0. The van der Waals surface area contributed by atoms with Crippen molar-refractivity contribution in [2.75, 3.05) is 11.9 Å². The molecule has 166 valence electrons. The van der Waals surface area contributed by atoms with E-state index in [0.717, 1.165) is 10.1 Å². The Morgan fingerprint density at radius 2 is 1.91 bits per heavy atom. The van der Waals surface area contributed by atoms with Gasteiger partial charge in [0.2, 0.25) is 5.95 Å². The first-order valence-corrected chi connectivity index (χ1v) is 9.58. The molecule has 10 nitrogen and oxygen atoms in total. The third-order valence-corrected chi connectivity index (χ3v) is 4.52. The quantitative estimate of drug-likeness (QED) is 0.316. The van der Waals surface area contributed by atoms with Crippen molar-refractivity contribution in [2.45, 2.75) is 20.0 Å². The fourth-order valence-electron chi connectivity index (χ4n) is 2.83. The van der Waals surface area contributed by atoms with Crippen LogP contribution in [0.3, 0.4) is 0 Å². The maximum atomic E-state index is 13.2. The van der Waals surface area contributed by atoms with Crippen molar-refractivity contribution in [2.24, 2.45) is 15.9 Å². The van der Waals surface area contributed by atoms with Crippen LogP contribution in [0.2, 0.25) is 0 Å². The third kappa shape index (κ3) is 5.85. The van der Waals surface area contributed by atoms with Gasteiger partial charge in [-0.2, -0.15) is 4.98 Å². The van der Waals surface area contributed by atoms with Gasteiger partial charge in [-0.05, 0) is 36.5 Å². The molecule has 32 heavy (non-hydrogen) atoms. The van der Waals surface area contributed by atoms with Crippen molar-refractivity contribution >= 4 is 18.4 Å². The number of anilines is 1.